The molecule has 4 rings (SSSR count). The maximum atomic E-state index is 13.2. The van der Waals surface area contributed by atoms with Gasteiger partial charge in [-0.25, -0.2) is 0 Å². The number of benzene rings is 1. The summed E-state index contributed by atoms with van der Waals surface area (Å²) in [7, 11) is 0. The van der Waals surface area contributed by atoms with E-state index in [2.05, 4.69) is 15.4 Å². The molecule has 0 bridgehead atoms. The SMILES string of the molecule is CCC(C(=O)N1CCCC(C2OCCO2)C1)n1nnc(-c2ccc(Cl)cc2)n1. The second-order valence-corrected chi connectivity index (χ2v) is 7.60. The molecule has 2 saturated heterocycles. The maximum Gasteiger partial charge on any atom is 0.249 e. The average Bonchev–Trinajstić information content (AvgIpc) is 3.42. The van der Waals surface area contributed by atoms with Crippen LogP contribution in [-0.4, -0.2) is 63.6 Å². The Balaban J connectivity index is 1.47. The first-order chi connectivity index (χ1) is 13.7. The van der Waals surface area contributed by atoms with Crippen LogP contribution in [0.5, 0.6) is 0 Å². The Morgan fingerprint density at radius 2 is 2.04 bits per heavy atom. The number of hydrogen-bond acceptors (Lipinski definition) is 6. The zero-order valence-corrected chi connectivity index (χ0v) is 16.6. The van der Waals surface area contributed by atoms with Crippen molar-refractivity contribution in [2.24, 2.45) is 5.92 Å². The molecular weight excluding hydrogens is 382 g/mol. The van der Waals surface area contributed by atoms with E-state index < -0.39 is 6.04 Å². The molecule has 0 radical (unpaired) electrons. The molecular formula is C19H24ClN5O3. The lowest BCUT2D eigenvalue weighted by molar-refractivity contribution is -0.143. The van der Waals surface area contributed by atoms with E-state index in [0.29, 0.717) is 37.0 Å². The molecule has 0 spiro atoms. The topological polar surface area (TPSA) is 82.4 Å². The normalized spacial score (nSPS) is 21.8. The second kappa shape index (κ2) is 8.55. The standard InChI is InChI=1S/C19H24ClN5O3/c1-2-16(25-22-17(21-23-25)13-5-7-15(20)8-6-13)18(26)24-9-3-4-14(12-24)19-27-10-11-28-19/h5-8,14,16,19H,2-4,9-12H2,1H3. The van der Waals surface area contributed by atoms with Gasteiger partial charge in [-0.05, 0) is 48.7 Å². The molecule has 1 aromatic heterocycles. The van der Waals surface area contributed by atoms with Gasteiger partial charge in [-0.15, -0.1) is 10.2 Å². The van der Waals surface area contributed by atoms with Crippen molar-refractivity contribution < 1.29 is 14.3 Å². The van der Waals surface area contributed by atoms with Crippen LogP contribution in [0.1, 0.15) is 32.2 Å². The van der Waals surface area contributed by atoms with Crippen LogP contribution in [0.4, 0.5) is 0 Å². The van der Waals surface area contributed by atoms with Gasteiger partial charge in [0.15, 0.2) is 12.3 Å². The number of amides is 1. The molecule has 1 aromatic carbocycles. The Kier molecular flexibility index (Phi) is 5.89. The van der Waals surface area contributed by atoms with Crippen molar-refractivity contribution in [3.63, 3.8) is 0 Å². The summed E-state index contributed by atoms with van der Waals surface area (Å²) in [5, 5.41) is 13.4. The van der Waals surface area contributed by atoms with Gasteiger partial charge >= 0.3 is 0 Å². The smallest absolute Gasteiger partial charge is 0.249 e. The van der Waals surface area contributed by atoms with Crippen LogP contribution < -0.4 is 0 Å². The molecule has 28 heavy (non-hydrogen) atoms. The largest absolute Gasteiger partial charge is 0.350 e. The fourth-order valence-corrected chi connectivity index (χ4v) is 3.93. The van der Waals surface area contributed by atoms with Crippen molar-refractivity contribution in [3.05, 3.63) is 29.3 Å². The summed E-state index contributed by atoms with van der Waals surface area (Å²) in [4.78, 5) is 16.5. The number of carbonyl (C=O) groups excluding carboxylic acids is 1. The van der Waals surface area contributed by atoms with Gasteiger partial charge < -0.3 is 14.4 Å². The summed E-state index contributed by atoms with van der Waals surface area (Å²) in [5.74, 6) is 0.712. The number of hydrogen-bond donors (Lipinski definition) is 0. The molecule has 2 aliphatic heterocycles. The van der Waals surface area contributed by atoms with Crippen LogP contribution in [0, 0.1) is 5.92 Å². The van der Waals surface area contributed by atoms with Crippen LogP contribution >= 0.6 is 11.6 Å². The number of nitrogens with zero attached hydrogens (tertiary/aromatic N) is 5. The molecule has 2 aromatic rings. The van der Waals surface area contributed by atoms with E-state index in [1.807, 2.05) is 24.0 Å². The van der Waals surface area contributed by atoms with Crippen molar-refractivity contribution >= 4 is 17.5 Å². The van der Waals surface area contributed by atoms with Crippen molar-refractivity contribution in [3.8, 4) is 11.4 Å². The summed E-state index contributed by atoms with van der Waals surface area (Å²) in [6, 6.07) is 6.76. The second-order valence-electron chi connectivity index (χ2n) is 7.16. The van der Waals surface area contributed by atoms with Gasteiger partial charge in [0.25, 0.3) is 0 Å². The molecule has 2 fully saturated rings. The van der Waals surface area contributed by atoms with Gasteiger partial charge in [0, 0.05) is 29.6 Å². The summed E-state index contributed by atoms with van der Waals surface area (Å²) < 4.78 is 11.3. The Labute approximate surface area is 168 Å². The van der Waals surface area contributed by atoms with E-state index in [1.165, 1.54) is 4.80 Å². The van der Waals surface area contributed by atoms with Gasteiger partial charge in [0.2, 0.25) is 11.7 Å². The molecule has 150 valence electrons. The number of rotatable bonds is 5. The molecule has 1 amide bonds. The van der Waals surface area contributed by atoms with E-state index in [1.54, 1.807) is 12.1 Å². The predicted molar refractivity (Wildman–Crippen MR) is 103 cm³/mol. The minimum atomic E-state index is -0.474. The van der Waals surface area contributed by atoms with Crippen LogP contribution in [0.2, 0.25) is 5.02 Å². The van der Waals surface area contributed by atoms with E-state index in [9.17, 15) is 4.79 Å². The summed E-state index contributed by atoms with van der Waals surface area (Å²) >= 11 is 5.93. The Bertz CT molecular complexity index is 806. The number of carbonyl (C=O) groups is 1. The minimum Gasteiger partial charge on any atom is -0.350 e. The highest BCUT2D eigenvalue weighted by molar-refractivity contribution is 6.30. The third-order valence-corrected chi connectivity index (χ3v) is 5.54. The lowest BCUT2D eigenvalue weighted by Crippen LogP contribution is -2.46. The van der Waals surface area contributed by atoms with Crippen LogP contribution in [0.15, 0.2) is 24.3 Å². The molecule has 0 N–H and O–H groups in total. The van der Waals surface area contributed by atoms with E-state index >= 15 is 0 Å². The van der Waals surface area contributed by atoms with Crippen LogP contribution in [0.25, 0.3) is 11.4 Å². The fourth-order valence-electron chi connectivity index (χ4n) is 3.80. The zero-order valence-electron chi connectivity index (χ0n) is 15.8. The van der Waals surface area contributed by atoms with E-state index in [-0.39, 0.29) is 18.1 Å². The summed E-state index contributed by atoms with van der Waals surface area (Å²) in [6.07, 6.45) is 2.34. The minimum absolute atomic E-state index is 0.0188. The van der Waals surface area contributed by atoms with Crippen molar-refractivity contribution in [2.45, 2.75) is 38.5 Å². The Morgan fingerprint density at radius 3 is 2.75 bits per heavy atom. The van der Waals surface area contributed by atoms with E-state index in [0.717, 1.165) is 24.9 Å². The first-order valence-corrected chi connectivity index (χ1v) is 10.1. The number of halogens is 1. The zero-order chi connectivity index (χ0) is 19.5. The van der Waals surface area contributed by atoms with Gasteiger partial charge in [-0.2, -0.15) is 4.80 Å². The van der Waals surface area contributed by atoms with E-state index in [4.69, 9.17) is 21.1 Å². The molecule has 9 heteroatoms. The average molecular weight is 406 g/mol. The lowest BCUT2D eigenvalue weighted by Gasteiger charge is -2.36. The lowest BCUT2D eigenvalue weighted by atomic mass is 9.96. The molecule has 2 unspecified atom stereocenters. The number of piperidine rings is 1. The Hall–Kier alpha value is -2.03. The molecule has 8 nitrogen and oxygen atoms in total. The third-order valence-electron chi connectivity index (χ3n) is 5.28. The van der Waals surface area contributed by atoms with Crippen molar-refractivity contribution in [1.29, 1.82) is 0 Å². The quantitative estimate of drug-likeness (QED) is 0.760. The highest BCUT2D eigenvalue weighted by atomic mass is 35.5. The molecule has 2 aliphatic rings. The predicted octanol–water partition coefficient (Wildman–Crippen LogP) is 2.56. The molecule has 2 atom stereocenters. The number of likely N-dealkylation sites (tertiary alicyclic amines) is 1. The van der Waals surface area contributed by atoms with Crippen LogP contribution in [-0.2, 0) is 14.3 Å². The number of ether oxygens (including phenoxy) is 2. The molecule has 0 aliphatic carbocycles. The summed E-state index contributed by atoms with van der Waals surface area (Å²) in [6.45, 7) is 4.58. The third kappa shape index (κ3) is 4.04. The fraction of sp³-hybridized carbons (Fsp3) is 0.579. The van der Waals surface area contributed by atoms with Gasteiger partial charge in [0.05, 0.1) is 13.2 Å². The first kappa shape index (κ1) is 19.3. The maximum absolute atomic E-state index is 13.2. The summed E-state index contributed by atoms with van der Waals surface area (Å²) in [5.41, 5.74) is 0.812. The number of tetrazole rings is 1. The van der Waals surface area contributed by atoms with Crippen LogP contribution in [0.3, 0.4) is 0 Å². The van der Waals surface area contributed by atoms with Gasteiger partial charge in [-0.1, -0.05) is 18.5 Å². The van der Waals surface area contributed by atoms with Crippen molar-refractivity contribution in [1.82, 2.24) is 25.1 Å². The monoisotopic (exact) mass is 405 g/mol. The first-order valence-electron chi connectivity index (χ1n) is 9.73. The molecule has 3 heterocycles. The Morgan fingerprint density at radius 1 is 1.29 bits per heavy atom. The van der Waals surface area contributed by atoms with Gasteiger partial charge in [0.1, 0.15) is 0 Å². The number of aromatic nitrogens is 4. The van der Waals surface area contributed by atoms with Gasteiger partial charge in [-0.3, -0.25) is 4.79 Å². The van der Waals surface area contributed by atoms with Crippen molar-refractivity contribution in [2.75, 3.05) is 26.3 Å². The molecule has 0 saturated carbocycles. The highest BCUT2D eigenvalue weighted by Gasteiger charge is 2.35. The highest BCUT2D eigenvalue weighted by Crippen LogP contribution is 2.27.